The summed E-state index contributed by atoms with van der Waals surface area (Å²) in [5, 5.41) is 7.22. The summed E-state index contributed by atoms with van der Waals surface area (Å²) < 4.78 is 31.4. The van der Waals surface area contributed by atoms with Crippen LogP contribution in [0.3, 0.4) is 0 Å². The van der Waals surface area contributed by atoms with Crippen LogP contribution in [0.4, 0.5) is 5.69 Å². The van der Waals surface area contributed by atoms with Gasteiger partial charge < -0.3 is 19.9 Å². The number of methoxy groups -OCH3 is 1. The van der Waals surface area contributed by atoms with Crippen LogP contribution in [-0.2, 0) is 21.2 Å². The lowest BCUT2D eigenvalue weighted by atomic mass is 10.0. The lowest BCUT2D eigenvalue weighted by molar-refractivity contribution is -0.134. The third-order valence-corrected chi connectivity index (χ3v) is 8.09. The molecule has 0 saturated carbocycles. The summed E-state index contributed by atoms with van der Waals surface area (Å²) in [4.78, 5) is 30.8. The number of nitrogens with one attached hydrogen (secondary N) is 1. The van der Waals surface area contributed by atoms with Crippen LogP contribution in [0.15, 0.2) is 78.9 Å². The van der Waals surface area contributed by atoms with Crippen molar-refractivity contribution in [2.45, 2.75) is 44.5 Å². The standard InChI is InChI=1S/C32H42N4O5S/c1-23(2)22-29(34-30(37)25-13-17-27(18-14-25)35(3)4)31(38)36(21-9-12-24-10-7-6-8-11-24)32(42(33,39)40)26-15-19-28(41-5)20-16-26/h6-8,10-11,13-20,23,29,32H,9,12,21-22H2,1-5H3,(H,34,37)(H2,33,39,40)/t29-,32?/m0/s1. The lowest BCUT2D eigenvalue weighted by Crippen LogP contribution is -2.52. The van der Waals surface area contributed by atoms with Crippen LogP contribution < -0.4 is 20.1 Å². The van der Waals surface area contributed by atoms with Gasteiger partial charge in [-0.25, -0.2) is 13.6 Å². The van der Waals surface area contributed by atoms with Crippen LogP contribution in [0.25, 0.3) is 0 Å². The molecule has 42 heavy (non-hydrogen) atoms. The van der Waals surface area contributed by atoms with E-state index in [2.05, 4.69) is 5.32 Å². The number of primary sulfonamides is 1. The summed E-state index contributed by atoms with van der Waals surface area (Å²) in [6.07, 6.45) is 1.44. The second kappa shape index (κ2) is 14.8. The number of carbonyl (C=O) groups is 2. The zero-order valence-electron chi connectivity index (χ0n) is 25.0. The van der Waals surface area contributed by atoms with Crippen molar-refractivity contribution in [3.05, 3.63) is 95.6 Å². The molecule has 3 aromatic rings. The highest BCUT2D eigenvalue weighted by molar-refractivity contribution is 7.89. The fourth-order valence-electron chi connectivity index (χ4n) is 4.80. The van der Waals surface area contributed by atoms with Crippen LogP contribution in [0.1, 0.15) is 53.5 Å². The molecule has 0 aromatic heterocycles. The predicted molar refractivity (Wildman–Crippen MR) is 167 cm³/mol. The maximum atomic E-state index is 14.3. The van der Waals surface area contributed by atoms with Crippen LogP contribution in [0.5, 0.6) is 5.75 Å². The van der Waals surface area contributed by atoms with Crippen molar-refractivity contribution in [3.63, 3.8) is 0 Å². The molecule has 226 valence electrons. The Balaban J connectivity index is 1.97. The van der Waals surface area contributed by atoms with E-state index >= 15 is 0 Å². The molecule has 2 atom stereocenters. The summed E-state index contributed by atoms with van der Waals surface area (Å²) in [5.41, 5.74) is 2.73. The Morgan fingerprint density at radius 1 is 0.929 bits per heavy atom. The minimum atomic E-state index is -4.29. The first-order valence-electron chi connectivity index (χ1n) is 14.0. The Bertz CT molecular complexity index is 1410. The number of nitrogens with zero attached hydrogens (tertiary/aromatic N) is 2. The SMILES string of the molecule is COc1ccc(C(N(CCCc2ccccc2)C(=O)[C@H](CC(C)C)NC(=O)c2ccc(N(C)C)cc2)S(N)(=O)=O)cc1. The Morgan fingerprint density at radius 3 is 2.07 bits per heavy atom. The third-order valence-electron chi connectivity index (χ3n) is 6.94. The Morgan fingerprint density at radius 2 is 1.55 bits per heavy atom. The van der Waals surface area contributed by atoms with Crippen LogP contribution in [0.2, 0.25) is 0 Å². The van der Waals surface area contributed by atoms with E-state index in [1.165, 1.54) is 12.0 Å². The maximum Gasteiger partial charge on any atom is 0.251 e. The van der Waals surface area contributed by atoms with Crippen molar-refractivity contribution in [2.24, 2.45) is 11.1 Å². The third kappa shape index (κ3) is 9.06. The number of aryl methyl sites for hydroxylation is 1. The van der Waals surface area contributed by atoms with Crippen LogP contribution in [-0.4, -0.2) is 58.9 Å². The van der Waals surface area contributed by atoms with Crippen molar-refractivity contribution in [1.29, 1.82) is 0 Å². The second-order valence-electron chi connectivity index (χ2n) is 10.9. The van der Waals surface area contributed by atoms with E-state index < -0.39 is 33.3 Å². The monoisotopic (exact) mass is 594 g/mol. The fourth-order valence-corrected chi connectivity index (χ4v) is 5.90. The van der Waals surface area contributed by atoms with Gasteiger partial charge in [0, 0.05) is 31.9 Å². The smallest absolute Gasteiger partial charge is 0.251 e. The predicted octanol–water partition coefficient (Wildman–Crippen LogP) is 4.35. The molecule has 0 aliphatic carbocycles. The molecule has 0 bridgehead atoms. The molecule has 9 nitrogen and oxygen atoms in total. The Kier molecular flexibility index (Phi) is 11.5. The average molecular weight is 595 g/mol. The normalized spacial score (nSPS) is 12.8. The Labute approximate surface area is 249 Å². The van der Waals surface area contributed by atoms with Gasteiger partial charge in [-0.2, -0.15) is 0 Å². The van der Waals surface area contributed by atoms with E-state index in [4.69, 9.17) is 9.88 Å². The van der Waals surface area contributed by atoms with Gasteiger partial charge in [-0.05, 0) is 72.7 Å². The van der Waals surface area contributed by atoms with Gasteiger partial charge in [0.25, 0.3) is 5.91 Å². The number of hydrogen-bond acceptors (Lipinski definition) is 6. The zero-order valence-corrected chi connectivity index (χ0v) is 25.8. The van der Waals surface area contributed by atoms with Crippen molar-refractivity contribution in [3.8, 4) is 5.75 Å². The maximum absolute atomic E-state index is 14.3. The molecule has 3 aromatic carbocycles. The van der Waals surface area contributed by atoms with Gasteiger partial charge in [-0.1, -0.05) is 56.3 Å². The molecule has 0 heterocycles. The number of nitrogens with two attached hydrogens (primary N) is 1. The molecule has 10 heteroatoms. The highest BCUT2D eigenvalue weighted by Gasteiger charge is 2.37. The fraction of sp³-hybridized carbons (Fsp3) is 0.375. The average Bonchev–Trinajstić information content (AvgIpc) is 2.96. The lowest BCUT2D eigenvalue weighted by Gasteiger charge is -2.34. The first kappa shape index (κ1) is 32.6. The van der Waals surface area contributed by atoms with Crippen molar-refractivity contribution in [2.75, 3.05) is 32.6 Å². The van der Waals surface area contributed by atoms with Gasteiger partial charge in [-0.15, -0.1) is 0 Å². The minimum absolute atomic E-state index is 0.0375. The molecule has 3 rings (SSSR count). The number of ether oxygens (including phenoxy) is 1. The number of carbonyl (C=O) groups excluding carboxylic acids is 2. The number of sulfonamides is 1. The van der Waals surface area contributed by atoms with E-state index in [0.717, 1.165) is 11.3 Å². The van der Waals surface area contributed by atoms with Crippen LogP contribution >= 0.6 is 0 Å². The molecule has 0 spiro atoms. The van der Waals surface area contributed by atoms with Gasteiger partial charge in [-0.3, -0.25) is 9.59 Å². The highest BCUT2D eigenvalue weighted by Crippen LogP contribution is 2.29. The summed E-state index contributed by atoms with van der Waals surface area (Å²) in [6, 6.07) is 22.3. The zero-order chi connectivity index (χ0) is 30.9. The summed E-state index contributed by atoms with van der Waals surface area (Å²) >= 11 is 0. The van der Waals surface area contributed by atoms with Crippen molar-refractivity contribution in [1.82, 2.24) is 10.2 Å². The molecule has 2 amide bonds. The molecule has 0 fully saturated rings. The first-order valence-corrected chi connectivity index (χ1v) is 15.6. The van der Waals surface area contributed by atoms with Gasteiger partial charge >= 0.3 is 0 Å². The summed E-state index contributed by atoms with van der Waals surface area (Å²) in [7, 11) is 1.04. The number of hydrogen-bond donors (Lipinski definition) is 2. The number of benzene rings is 3. The number of anilines is 1. The van der Waals surface area contributed by atoms with E-state index in [0.29, 0.717) is 36.1 Å². The molecule has 3 N–H and O–H groups in total. The molecular weight excluding hydrogens is 552 g/mol. The van der Waals surface area contributed by atoms with E-state index in [1.54, 1.807) is 36.4 Å². The van der Waals surface area contributed by atoms with Crippen molar-refractivity contribution >= 4 is 27.5 Å². The van der Waals surface area contributed by atoms with Gasteiger partial charge in [0.05, 0.1) is 7.11 Å². The van der Waals surface area contributed by atoms with Crippen molar-refractivity contribution < 1.29 is 22.7 Å². The summed E-state index contributed by atoms with van der Waals surface area (Å²) in [5.74, 6) is -0.348. The molecule has 0 radical (unpaired) electrons. The number of amides is 2. The largest absolute Gasteiger partial charge is 0.497 e. The van der Waals surface area contributed by atoms with Gasteiger partial charge in [0.1, 0.15) is 11.8 Å². The molecule has 1 unspecified atom stereocenters. The minimum Gasteiger partial charge on any atom is -0.497 e. The molecule has 0 saturated heterocycles. The Hall–Kier alpha value is -3.89. The quantitative estimate of drug-likeness (QED) is 0.286. The first-order chi connectivity index (χ1) is 19.9. The van der Waals surface area contributed by atoms with E-state index in [9.17, 15) is 18.0 Å². The van der Waals surface area contributed by atoms with E-state index in [-0.39, 0.29) is 12.5 Å². The van der Waals surface area contributed by atoms with Gasteiger partial charge in [0.15, 0.2) is 5.37 Å². The molecule has 0 aliphatic heterocycles. The second-order valence-corrected chi connectivity index (χ2v) is 12.6. The van der Waals surface area contributed by atoms with Gasteiger partial charge in [0.2, 0.25) is 15.9 Å². The van der Waals surface area contributed by atoms with Crippen LogP contribution in [0, 0.1) is 5.92 Å². The molecule has 0 aliphatic rings. The summed E-state index contributed by atoms with van der Waals surface area (Å²) in [6.45, 7) is 4.00. The highest BCUT2D eigenvalue weighted by atomic mass is 32.2. The van der Waals surface area contributed by atoms with E-state index in [1.807, 2.05) is 75.3 Å². The molecular formula is C32H42N4O5S. The number of rotatable bonds is 14. The topological polar surface area (TPSA) is 122 Å².